The lowest BCUT2D eigenvalue weighted by Crippen LogP contribution is -2.37. The van der Waals surface area contributed by atoms with Gasteiger partial charge in [0.2, 0.25) is 6.01 Å². The van der Waals surface area contributed by atoms with Gasteiger partial charge in [0, 0.05) is 23.8 Å². The van der Waals surface area contributed by atoms with Crippen molar-refractivity contribution in [2.75, 3.05) is 0 Å². The molecule has 3 heterocycles. The zero-order valence-corrected chi connectivity index (χ0v) is 11.3. The molecule has 3 rings (SSSR count). The lowest BCUT2D eigenvalue weighted by molar-refractivity contribution is -0.782. The molecule has 0 aliphatic heterocycles. The summed E-state index contributed by atoms with van der Waals surface area (Å²) in [6, 6.07) is 7.17. The summed E-state index contributed by atoms with van der Waals surface area (Å²) < 4.78 is 27.3. The van der Waals surface area contributed by atoms with Crippen molar-refractivity contribution in [3.8, 4) is 6.01 Å². The van der Waals surface area contributed by atoms with Crippen molar-refractivity contribution in [2.24, 2.45) is 0 Å². The predicted octanol–water partition coefficient (Wildman–Crippen LogP) is 1.73. The van der Waals surface area contributed by atoms with Gasteiger partial charge in [-0.15, -0.1) is 0 Å². The van der Waals surface area contributed by atoms with Crippen molar-refractivity contribution in [1.82, 2.24) is 14.6 Å². The number of aromatic nitrogens is 4. The Balaban J connectivity index is 2.07. The second-order valence-electron chi connectivity index (χ2n) is 4.38. The standard InChI is InChI=1S/C13H9ClF2N4O/c14-10-5-4-8(7-17-10)6-9-2-1-3-11-19(12(15)16)13(21)18-20(9)11/h1-5,7,12H,6H2. The second kappa shape index (κ2) is 5.25. The Hall–Kier alpha value is -2.28. The van der Waals surface area contributed by atoms with Gasteiger partial charge in [-0.3, -0.25) is 0 Å². The van der Waals surface area contributed by atoms with E-state index in [0.29, 0.717) is 21.8 Å². The van der Waals surface area contributed by atoms with E-state index in [2.05, 4.69) is 10.1 Å². The molecule has 8 heteroatoms. The van der Waals surface area contributed by atoms with E-state index < -0.39 is 12.6 Å². The Bertz CT molecular complexity index is 789. The molecule has 0 N–H and O–H groups in total. The second-order valence-corrected chi connectivity index (χ2v) is 4.77. The zero-order chi connectivity index (χ0) is 15.0. The summed E-state index contributed by atoms with van der Waals surface area (Å²) in [5.41, 5.74) is 1.49. The summed E-state index contributed by atoms with van der Waals surface area (Å²) >= 11 is 5.71. The summed E-state index contributed by atoms with van der Waals surface area (Å²) in [7, 11) is 0. The van der Waals surface area contributed by atoms with Gasteiger partial charge in [0.1, 0.15) is 10.8 Å². The molecule has 0 amide bonds. The minimum absolute atomic E-state index is 0.0504. The Kier molecular flexibility index (Phi) is 3.42. The van der Waals surface area contributed by atoms with E-state index in [0.717, 1.165) is 5.56 Å². The molecule has 0 aliphatic carbocycles. The Morgan fingerprint density at radius 1 is 1.29 bits per heavy atom. The average molecular weight is 311 g/mol. The smallest absolute Gasteiger partial charge is 0.367 e. The van der Waals surface area contributed by atoms with Gasteiger partial charge < -0.3 is 5.11 Å². The van der Waals surface area contributed by atoms with Crippen molar-refractivity contribution >= 4 is 17.2 Å². The summed E-state index contributed by atoms with van der Waals surface area (Å²) in [5.74, 6) is 0. The molecule has 0 radical (unpaired) electrons. The van der Waals surface area contributed by atoms with Crippen LogP contribution < -0.4 is 9.67 Å². The molecule has 0 spiro atoms. The molecule has 0 saturated carbocycles. The molecule has 0 atom stereocenters. The van der Waals surface area contributed by atoms with Gasteiger partial charge >= 0.3 is 6.55 Å². The first-order chi connectivity index (χ1) is 10.1. The van der Waals surface area contributed by atoms with E-state index >= 15 is 0 Å². The normalized spacial score (nSPS) is 11.4. The summed E-state index contributed by atoms with van der Waals surface area (Å²) in [6.45, 7) is -2.93. The highest BCUT2D eigenvalue weighted by Gasteiger charge is 2.23. The molecule has 0 saturated heterocycles. The van der Waals surface area contributed by atoms with Crippen LogP contribution in [0.3, 0.4) is 0 Å². The number of pyridine rings is 2. The van der Waals surface area contributed by atoms with Gasteiger partial charge in [0.25, 0.3) is 5.65 Å². The van der Waals surface area contributed by atoms with Crippen molar-refractivity contribution in [2.45, 2.75) is 13.0 Å². The molecular weight excluding hydrogens is 302 g/mol. The van der Waals surface area contributed by atoms with E-state index in [1.54, 1.807) is 30.5 Å². The molecule has 0 aromatic carbocycles. The molecule has 108 valence electrons. The van der Waals surface area contributed by atoms with Crippen LogP contribution in [0.15, 0.2) is 36.5 Å². The number of fused-ring (bicyclic) bond motifs is 1. The monoisotopic (exact) mass is 310 g/mol. The maximum atomic E-state index is 12.9. The minimum Gasteiger partial charge on any atom is -0.818 e. The fourth-order valence-corrected chi connectivity index (χ4v) is 2.21. The lowest BCUT2D eigenvalue weighted by Gasteiger charge is -2.01. The van der Waals surface area contributed by atoms with Crippen LogP contribution in [0.5, 0.6) is 6.01 Å². The van der Waals surface area contributed by atoms with E-state index in [1.807, 2.05) is 0 Å². The number of rotatable bonds is 3. The van der Waals surface area contributed by atoms with Crippen molar-refractivity contribution in [1.29, 1.82) is 0 Å². The molecule has 3 aromatic rings. The quantitative estimate of drug-likeness (QED) is 0.547. The zero-order valence-electron chi connectivity index (χ0n) is 10.6. The SMILES string of the molecule is [O-]c1nn2c(Cc3ccc(Cl)nc3)cccc2[n+]1C(F)F. The number of halogens is 3. The lowest BCUT2D eigenvalue weighted by atomic mass is 10.1. The largest absolute Gasteiger partial charge is 0.818 e. The molecule has 5 nitrogen and oxygen atoms in total. The molecule has 0 bridgehead atoms. The molecule has 3 aromatic heterocycles. The van der Waals surface area contributed by atoms with Gasteiger partial charge in [-0.2, -0.15) is 13.3 Å². The Labute approximate surface area is 123 Å². The first-order valence-electron chi connectivity index (χ1n) is 6.04. The van der Waals surface area contributed by atoms with Crippen LogP contribution in [0.2, 0.25) is 5.15 Å². The van der Waals surface area contributed by atoms with Crippen LogP contribution in [-0.2, 0) is 6.42 Å². The van der Waals surface area contributed by atoms with Gasteiger partial charge in [-0.05, 0) is 17.7 Å². The number of hydrogen-bond acceptors (Lipinski definition) is 3. The summed E-state index contributed by atoms with van der Waals surface area (Å²) in [6.07, 6.45) is 1.98. The van der Waals surface area contributed by atoms with Crippen molar-refractivity contribution in [3.63, 3.8) is 0 Å². The molecule has 0 fully saturated rings. The predicted molar refractivity (Wildman–Crippen MR) is 68.1 cm³/mol. The average Bonchev–Trinajstić information content (AvgIpc) is 2.78. The highest BCUT2D eigenvalue weighted by Crippen LogP contribution is 2.15. The van der Waals surface area contributed by atoms with Gasteiger partial charge in [0.05, 0.1) is 0 Å². The van der Waals surface area contributed by atoms with E-state index in [1.165, 1.54) is 10.6 Å². The van der Waals surface area contributed by atoms with Crippen LogP contribution >= 0.6 is 11.6 Å². The molecule has 21 heavy (non-hydrogen) atoms. The van der Waals surface area contributed by atoms with Crippen LogP contribution in [0.25, 0.3) is 5.65 Å². The van der Waals surface area contributed by atoms with E-state index in [-0.39, 0.29) is 5.65 Å². The van der Waals surface area contributed by atoms with Gasteiger partial charge in [0.15, 0.2) is 0 Å². The fourth-order valence-electron chi connectivity index (χ4n) is 2.10. The highest BCUT2D eigenvalue weighted by molar-refractivity contribution is 6.29. The van der Waals surface area contributed by atoms with E-state index in [4.69, 9.17) is 11.6 Å². The van der Waals surface area contributed by atoms with Crippen molar-refractivity contribution < 1.29 is 18.5 Å². The maximum absolute atomic E-state index is 12.9. The van der Waals surface area contributed by atoms with Crippen LogP contribution in [0.1, 0.15) is 17.8 Å². The third-order valence-electron chi connectivity index (χ3n) is 3.03. The van der Waals surface area contributed by atoms with Crippen LogP contribution in [-0.4, -0.2) is 14.6 Å². The topological polar surface area (TPSA) is 57.1 Å². The number of alkyl halides is 2. The number of nitrogens with zero attached hydrogens (tertiary/aromatic N) is 4. The summed E-state index contributed by atoms with van der Waals surface area (Å²) in [4.78, 5) is 3.96. The minimum atomic E-state index is -2.93. The number of hydrogen-bond donors (Lipinski definition) is 0. The van der Waals surface area contributed by atoms with Crippen LogP contribution in [0.4, 0.5) is 8.78 Å². The molecule has 0 aliphatic rings. The summed E-state index contributed by atoms with van der Waals surface area (Å²) in [5, 5.41) is 15.6. The maximum Gasteiger partial charge on any atom is 0.367 e. The fraction of sp³-hybridized carbons (Fsp3) is 0.154. The third kappa shape index (κ3) is 2.52. The molecular formula is C13H9ClF2N4O. The Morgan fingerprint density at radius 3 is 2.76 bits per heavy atom. The van der Waals surface area contributed by atoms with E-state index in [9.17, 15) is 13.9 Å². The van der Waals surface area contributed by atoms with Crippen molar-refractivity contribution in [3.05, 3.63) is 52.9 Å². The first-order valence-corrected chi connectivity index (χ1v) is 6.42. The third-order valence-corrected chi connectivity index (χ3v) is 3.25. The molecule has 0 unspecified atom stereocenters. The van der Waals surface area contributed by atoms with Gasteiger partial charge in [-0.25, -0.2) is 4.98 Å². The first kappa shape index (κ1) is 13.7. The van der Waals surface area contributed by atoms with Crippen LogP contribution in [0, 0.1) is 0 Å². The highest BCUT2D eigenvalue weighted by atomic mass is 35.5. The Morgan fingerprint density at radius 2 is 2.10 bits per heavy atom. The van der Waals surface area contributed by atoms with Gasteiger partial charge in [-0.1, -0.05) is 28.2 Å².